The molecule has 0 N–H and O–H groups in total. The van der Waals surface area contributed by atoms with Crippen LogP contribution in [0.15, 0.2) is 18.2 Å². The number of amides is 1. The summed E-state index contributed by atoms with van der Waals surface area (Å²) in [4.78, 5) is 14.2. The van der Waals surface area contributed by atoms with Crippen molar-refractivity contribution in [2.75, 3.05) is 19.0 Å². The summed E-state index contributed by atoms with van der Waals surface area (Å²) in [5.74, 6) is 0.718. The molecule has 1 atom stereocenters. The van der Waals surface area contributed by atoms with Crippen molar-refractivity contribution >= 4 is 17.5 Å². The molecule has 0 spiro atoms. The molecule has 1 aromatic rings. The van der Waals surface area contributed by atoms with Crippen LogP contribution in [0, 0.1) is 18.7 Å². The number of benzene rings is 1. The fraction of sp³-hybridized carbons (Fsp3) is 0.533. The van der Waals surface area contributed by atoms with Crippen LogP contribution in [0.1, 0.15) is 35.2 Å². The fourth-order valence-electron chi connectivity index (χ4n) is 2.55. The molecule has 1 aromatic carbocycles. The molecule has 4 heteroatoms. The molecule has 1 amide bonds. The summed E-state index contributed by atoms with van der Waals surface area (Å²) < 4.78 is 13.5. The summed E-state index contributed by atoms with van der Waals surface area (Å²) in [6.45, 7) is 3.19. The number of alkyl halides is 1. The normalized spacial score (nSPS) is 19.5. The van der Waals surface area contributed by atoms with Crippen molar-refractivity contribution in [2.45, 2.75) is 26.2 Å². The van der Waals surface area contributed by atoms with Crippen molar-refractivity contribution in [3.8, 4) is 0 Å². The van der Waals surface area contributed by atoms with Crippen molar-refractivity contribution in [1.82, 2.24) is 4.90 Å². The van der Waals surface area contributed by atoms with Crippen LogP contribution in [-0.4, -0.2) is 29.8 Å². The third-order valence-corrected chi connectivity index (χ3v) is 3.96. The molecule has 1 aliphatic heterocycles. The summed E-state index contributed by atoms with van der Waals surface area (Å²) in [7, 11) is 0. The van der Waals surface area contributed by atoms with E-state index in [4.69, 9.17) is 11.6 Å². The van der Waals surface area contributed by atoms with Gasteiger partial charge in [-0.2, -0.15) is 0 Å². The minimum Gasteiger partial charge on any atom is -0.338 e. The van der Waals surface area contributed by atoms with E-state index in [1.807, 2.05) is 4.90 Å². The van der Waals surface area contributed by atoms with E-state index >= 15 is 0 Å². The number of carbonyl (C=O) groups is 1. The van der Waals surface area contributed by atoms with Crippen molar-refractivity contribution in [3.63, 3.8) is 0 Å². The van der Waals surface area contributed by atoms with Crippen LogP contribution in [0.2, 0.25) is 0 Å². The van der Waals surface area contributed by atoms with Crippen molar-refractivity contribution in [2.24, 2.45) is 5.92 Å². The molecule has 0 saturated carbocycles. The first kappa shape index (κ1) is 14.3. The molecule has 1 unspecified atom stereocenters. The van der Waals surface area contributed by atoms with Gasteiger partial charge >= 0.3 is 0 Å². The standard InChI is InChI=1S/C15H19ClFNO/c1-11-4-5-13(9-14(11)17)15(19)18-8-2-3-12(10-18)6-7-16/h4-5,9,12H,2-3,6-8,10H2,1H3. The van der Waals surface area contributed by atoms with Crippen LogP contribution in [0.5, 0.6) is 0 Å². The number of nitrogens with zero attached hydrogens (tertiary/aromatic N) is 1. The van der Waals surface area contributed by atoms with Crippen molar-refractivity contribution < 1.29 is 9.18 Å². The fourth-order valence-corrected chi connectivity index (χ4v) is 2.86. The Bertz CT molecular complexity index is 461. The zero-order valence-electron chi connectivity index (χ0n) is 11.2. The van der Waals surface area contributed by atoms with Crippen LogP contribution in [-0.2, 0) is 0 Å². The Balaban J connectivity index is 2.08. The molecule has 0 aromatic heterocycles. The molecule has 104 valence electrons. The highest BCUT2D eigenvalue weighted by Gasteiger charge is 2.24. The molecule has 1 saturated heterocycles. The maximum Gasteiger partial charge on any atom is 0.253 e. The van der Waals surface area contributed by atoms with Gasteiger partial charge in [0.1, 0.15) is 5.82 Å². The second-order valence-electron chi connectivity index (χ2n) is 5.20. The molecule has 1 fully saturated rings. The van der Waals surface area contributed by atoms with Crippen LogP contribution in [0.4, 0.5) is 4.39 Å². The lowest BCUT2D eigenvalue weighted by molar-refractivity contribution is 0.0671. The summed E-state index contributed by atoms with van der Waals surface area (Å²) in [6.07, 6.45) is 3.06. The molecular formula is C15H19ClFNO. The Hall–Kier alpha value is -1.09. The van der Waals surface area contributed by atoms with E-state index < -0.39 is 0 Å². The van der Waals surface area contributed by atoms with E-state index in [9.17, 15) is 9.18 Å². The monoisotopic (exact) mass is 283 g/mol. The smallest absolute Gasteiger partial charge is 0.253 e. The average Bonchev–Trinajstić information content (AvgIpc) is 2.42. The molecular weight excluding hydrogens is 265 g/mol. The minimum atomic E-state index is -0.319. The third kappa shape index (κ3) is 3.47. The molecule has 0 radical (unpaired) electrons. The number of likely N-dealkylation sites (tertiary alicyclic amines) is 1. The summed E-state index contributed by atoms with van der Waals surface area (Å²) in [5.41, 5.74) is 1.00. The molecule has 2 rings (SSSR count). The topological polar surface area (TPSA) is 20.3 Å². The van der Waals surface area contributed by atoms with Gasteiger partial charge in [0.2, 0.25) is 0 Å². The van der Waals surface area contributed by atoms with Gasteiger partial charge in [0.05, 0.1) is 0 Å². The van der Waals surface area contributed by atoms with Gasteiger partial charge in [-0.05, 0) is 49.8 Å². The Morgan fingerprint density at radius 2 is 2.32 bits per heavy atom. The lowest BCUT2D eigenvalue weighted by Gasteiger charge is -2.32. The van der Waals surface area contributed by atoms with Crippen LogP contribution in [0.3, 0.4) is 0 Å². The third-order valence-electron chi connectivity index (χ3n) is 3.74. The molecule has 1 aliphatic rings. The van der Waals surface area contributed by atoms with Gasteiger partial charge in [-0.1, -0.05) is 6.07 Å². The number of rotatable bonds is 3. The lowest BCUT2D eigenvalue weighted by Crippen LogP contribution is -2.40. The quantitative estimate of drug-likeness (QED) is 0.776. The van der Waals surface area contributed by atoms with E-state index in [1.54, 1.807) is 19.1 Å². The molecule has 1 heterocycles. The number of aryl methyl sites for hydroxylation is 1. The van der Waals surface area contributed by atoms with Crippen LogP contribution < -0.4 is 0 Å². The summed E-state index contributed by atoms with van der Waals surface area (Å²) in [5, 5.41) is 0. The lowest BCUT2D eigenvalue weighted by atomic mass is 9.95. The zero-order chi connectivity index (χ0) is 13.8. The molecule has 0 aliphatic carbocycles. The Labute approximate surface area is 118 Å². The summed E-state index contributed by atoms with van der Waals surface area (Å²) >= 11 is 5.76. The second kappa shape index (κ2) is 6.38. The van der Waals surface area contributed by atoms with Gasteiger partial charge < -0.3 is 4.90 Å². The SMILES string of the molecule is Cc1ccc(C(=O)N2CCCC(CCCl)C2)cc1F. The number of hydrogen-bond donors (Lipinski definition) is 0. The zero-order valence-corrected chi connectivity index (χ0v) is 11.9. The van der Waals surface area contributed by atoms with Crippen molar-refractivity contribution in [3.05, 3.63) is 35.1 Å². The van der Waals surface area contributed by atoms with Crippen molar-refractivity contribution in [1.29, 1.82) is 0 Å². The maximum absolute atomic E-state index is 13.5. The number of carbonyl (C=O) groups excluding carboxylic acids is 1. The van der Waals surface area contributed by atoms with E-state index in [2.05, 4.69) is 0 Å². The van der Waals surface area contributed by atoms with Gasteiger partial charge in [-0.3, -0.25) is 4.79 Å². The number of halogens is 2. The van der Waals surface area contributed by atoms with Gasteiger partial charge in [0.25, 0.3) is 5.91 Å². The largest absolute Gasteiger partial charge is 0.338 e. The molecule has 0 bridgehead atoms. The average molecular weight is 284 g/mol. The predicted octanol–water partition coefficient (Wildman–Crippen LogP) is 3.62. The first-order valence-electron chi connectivity index (χ1n) is 6.73. The highest BCUT2D eigenvalue weighted by Crippen LogP contribution is 2.22. The van der Waals surface area contributed by atoms with Gasteiger partial charge in [-0.25, -0.2) is 4.39 Å². The number of hydrogen-bond acceptors (Lipinski definition) is 1. The Kier molecular flexibility index (Phi) is 4.81. The van der Waals surface area contributed by atoms with E-state index in [1.165, 1.54) is 6.07 Å². The second-order valence-corrected chi connectivity index (χ2v) is 5.58. The first-order chi connectivity index (χ1) is 9.11. The molecule has 19 heavy (non-hydrogen) atoms. The van der Waals surface area contributed by atoms with Gasteiger partial charge in [-0.15, -0.1) is 11.6 Å². The van der Waals surface area contributed by atoms with E-state index in [0.717, 1.165) is 32.4 Å². The van der Waals surface area contributed by atoms with E-state index in [-0.39, 0.29) is 11.7 Å². The predicted molar refractivity (Wildman–Crippen MR) is 75.1 cm³/mol. The number of piperidine rings is 1. The first-order valence-corrected chi connectivity index (χ1v) is 7.26. The van der Waals surface area contributed by atoms with Gasteiger partial charge in [0, 0.05) is 24.5 Å². The Morgan fingerprint density at radius 1 is 1.53 bits per heavy atom. The van der Waals surface area contributed by atoms with Crippen LogP contribution >= 0.6 is 11.6 Å². The highest BCUT2D eigenvalue weighted by atomic mass is 35.5. The van der Waals surface area contributed by atoms with E-state index in [0.29, 0.717) is 22.9 Å². The molecule has 2 nitrogen and oxygen atoms in total. The summed E-state index contributed by atoms with van der Waals surface area (Å²) in [6, 6.07) is 4.69. The van der Waals surface area contributed by atoms with Gasteiger partial charge in [0.15, 0.2) is 0 Å². The maximum atomic E-state index is 13.5. The van der Waals surface area contributed by atoms with Crippen LogP contribution in [0.25, 0.3) is 0 Å². The Morgan fingerprint density at radius 3 is 3.00 bits per heavy atom. The minimum absolute atomic E-state index is 0.0711. The highest BCUT2D eigenvalue weighted by molar-refractivity contribution is 6.17.